The number of nitrogens with one attached hydrogen (secondary N) is 1. The maximum Gasteiger partial charge on any atom is 0.277 e. The predicted molar refractivity (Wildman–Crippen MR) is 109 cm³/mol. The third-order valence-corrected chi connectivity index (χ3v) is 4.32. The van der Waals surface area contributed by atoms with Gasteiger partial charge in [0.15, 0.2) is 5.69 Å². The van der Waals surface area contributed by atoms with Gasteiger partial charge in [-0.15, -0.1) is 5.10 Å². The number of para-hydroxylation sites is 1. The molecule has 2 heterocycles. The van der Waals surface area contributed by atoms with Crippen LogP contribution in [0.15, 0.2) is 71.3 Å². The van der Waals surface area contributed by atoms with E-state index in [9.17, 15) is 4.79 Å². The van der Waals surface area contributed by atoms with Crippen LogP contribution >= 0.6 is 0 Å². The van der Waals surface area contributed by atoms with E-state index in [0.717, 1.165) is 22.8 Å². The van der Waals surface area contributed by atoms with Crippen molar-refractivity contribution in [2.45, 2.75) is 13.8 Å². The van der Waals surface area contributed by atoms with Crippen molar-refractivity contribution >= 4 is 11.6 Å². The number of aromatic nitrogens is 3. The molecule has 1 N–H and O–H groups in total. The zero-order chi connectivity index (χ0) is 20.2. The van der Waals surface area contributed by atoms with Crippen LogP contribution in [0.2, 0.25) is 0 Å². The summed E-state index contributed by atoms with van der Waals surface area (Å²) in [6.07, 6.45) is 1.59. The van der Waals surface area contributed by atoms with Crippen molar-refractivity contribution in [3.05, 3.63) is 78.3 Å². The van der Waals surface area contributed by atoms with Gasteiger partial charge in [-0.25, -0.2) is 4.68 Å². The highest BCUT2D eigenvalue weighted by Crippen LogP contribution is 2.29. The molecule has 1 amide bonds. The minimum Gasteiger partial charge on any atom is -0.494 e. The minimum absolute atomic E-state index is 0.212. The minimum atomic E-state index is -0.349. The normalized spacial score (nSPS) is 10.7. The number of carbonyl (C=O) groups is 1. The van der Waals surface area contributed by atoms with E-state index in [-0.39, 0.29) is 11.6 Å². The second-order valence-corrected chi connectivity index (χ2v) is 6.39. The number of hydrogen-bond donors (Lipinski definition) is 1. The van der Waals surface area contributed by atoms with Crippen molar-refractivity contribution in [3.8, 4) is 22.8 Å². The number of carbonyl (C=O) groups excluding carboxylic acids is 1. The summed E-state index contributed by atoms with van der Waals surface area (Å²) in [6, 6.07) is 18.6. The third kappa shape index (κ3) is 4.03. The predicted octanol–water partition coefficient (Wildman–Crippen LogP) is 4.49. The van der Waals surface area contributed by atoms with Gasteiger partial charge in [-0.1, -0.05) is 17.3 Å². The molecule has 0 bridgehead atoms. The molecule has 4 aromatic rings. The van der Waals surface area contributed by atoms with E-state index < -0.39 is 0 Å². The van der Waals surface area contributed by atoms with E-state index in [1.165, 1.54) is 0 Å². The lowest BCUT2D eigenvalue weighted by molar-refractivity contribution is 0.102. The summed E-state index contributed by atoms with van der Waals surface area (Å²) in [7, 11) is 0. The lowest BCUT2D eigenvalue weighted by atomic mass is 10.1. The Labute approximate surface area is 167 Å². The highest BCUT2D eigenvalue weighted by atomic mass is 16.5. The molecule has 0 aliphatic carbocycles. The molecule has 7 nitrogen and oxygen atoms in total. The summed E-state index contributed by atoms with van der Waals surface area (Å²) in [5, 5.41) is 10.9. The number of aryl methyl sites for hydroxylation is 1. The number of amides is 1. The average molecular weight is 388 g/mol. The maximum atomic E-state index is 12.7. The second kappa shape index (κ2) is 8.02. The molecule has 0 fully saturated rings. The molecule has 4 rings (SSSR count). The molecule has 0 radical (unpaired) electrons. The van der Waals surface area contributed by atoms with Crippen LogP contribution in [0.1, 0.15) is 23.2 Å². The molecule has 0 aliphatic rings. The summed E-state index contributed by atoms with van der Waals surface area (Å²) in [5.74, 6) is 1.92. The van der Waals surface area contributed by atoms with E-state index in [4.69, 9.17) is 9.15 Å². The fraction of sp³-hybridized carbons (Fsp3) is 0.136. The van der Waals surface area contributed by atoms with Crippen LogP contribution in [0.3, 0.4) is 0 Å². The lowest BCUT2D eigenvalue weighted by Gasteiger charge is -2.08. The summed E-state index contributed by atoms with van der Waals surface area (Å²) in [6.45, 7) is 4.41. The van der Waals surface area contributed by atoms with E-state index in [0.29, 0.717) is 18.1 Å². The zero-order valence-electron chi connectivity index (χ0n) is 16.1. The van der Waals surface area contributed by atoms with Gasteiger partial charge in [0.05, 0.1) is 24.2 Å². The number of benzene rings is 2. The fourth-order valence-corrected chi connectivity index (χ4v) is 2.93. The molecule has 7 heteroatoms. The topological polar surface area (TPSA) is 82.2 Å². The quantitative estimate of drug-likeness (QED) is 0.526. The summed E-state index contributed by atoms with van der Waals surface area (Å²) >= 11 is 0. The van der Waals surface area contributed by atoms with Gasteiger partial charge in [-0.2, -0.15) is 0 Å². The Balaban J connectivity index is 1.53. The molecule has 146 valence electrons. The smallest absolute Gasteiger partial charge is 0.277 e. The number of ether oxygens (including phenoxy) is 1. The van der Waals surface area contributed by atoms with E-state index in [1.807, 2.05) is 74.5 Å². The summed E-state index contributed by atoms with van der Waals surface area (Å²) in [4.78, 5) is 12.7. The van der Waals surface area contributed by atoms with Crippen LogP contribution in [-0.2, 0) is 0 Å². The van der Waals surface area contributed by atoms with Crippen LogP contribution < -0.4 is 10.1 Å². The number of hydrogen-bond acceptors (Lipinski definition) is 5. The fourth-order valence-electron chi connectivity index (χ4n) is 2.93. The molecule has 2 aromatic carbocycles. The van der Waals surface area contributed by atoms with Crippen LogP contribution in [-0.4, -0.2) is 27.5 Å². The standard InChI is InChI=1S/C22H20N4O3/c1-3-28-17-11-9-16(10-12-17)26-14-20(24-25-26)22(27)23-19-7-5-4-6-18(19)21-13-8-15(2)29-21/h4-14H,3H2,1-2H3,(H,23,27). The Morgan fingerprint density at radius 2 is 1.90 bits per heavy atom. The van der Waals surface area contributed by atoms with Crippen LogP contribution in [0.25, 0.3) is 17.0 Å². The third-order valence-electron chi connectivity index (χ3n) is 4.32. The molecular formula is C22H20N4O3. The zero-order valence-corrected chi connectivity index (χ0v) is 16.1. The largest absolute Gasteiger partial charge is 0.494 e. The van der Waals surface area contributed by atoms with Gasteiger partial charge in [0.25, 0.3) is 5.91 Å². The Kier molecular flexibility index (Phi) is 5.11. The maximum absolute atomic E-state index is 12.7. The Bertz CT molecular complexity index is 1130. The summed E-state index contributed by atoms with van der Waals surface area (Å²) in [5.41, 5.74) is 2.44. The first-order valence-electron chi connectivity index (χ1n) is 9.27. The lowest BCUT2D eigenvalue weighted by Crippen LogP contribution is -2.13. The first-order chi connectivity index (χ1) is 14.1. The highest BCUT2D eigenvalue weighted by Gasteiger charge is 2.15. The number of rotatable bonds is 6. The number of anilines is 1. The Hall–Kier alpha value is -3.87. The first kappa shape index (κ1) is 18.5. The van der Waals surface area contributed by atoms with Crippen molar-refractivity contribution in [2.75, 3.05) is 11.9 Å². The van der Waals surface area contributed by atoms with Gasteiger partial charge in [-0.3, -0.25) is 4.79 Å². The van der Waals surface area contributed by atoms with Crippen molar-refractivity contribution in [3.63, 3.8) is 0 Å². The van der Waals surface area contributed by atoms with Crippen LogP contribution in [0.4, 0.5) is 5.69 Å². The SMILES string of the molecule is CCOc1ccc(-n2cc(C(=O)Nc3ccccc3-c3ccc(C)o3)nn2)cc1. The molecule has 0 aliphatic heterocycles. The molecule has 0 saturated carbocycles. The van der Waals surface area contributed by atoms with Gasteiger partial charge in [0, 0.05) is 5.56 Å². The van der Waals surface area contributed by atoms with E-state index >= 15 is 0 Å². The first-order valence-corrected chi connectivity index (χ1v) is 9.27. The molecule has 0 saturated heterocycles. The number of furan rings is 1. The van der Waals surface area contributed by atoms with Gasteiger partial charge in [-0.05, 0) is 62.4 Å². The molecular weight excluding hydrogens is 368 g/mol. The summed E-state index contributed by atoms with van der Waals surface area (Å²) < 4.78 is 12.7. The van der Waals surface area contributed by atoms with Gasteiger partial charge in [0.1, 0.15) is 17.3 Å². The van der Waals surface area contributed by atoms with Crippen LogP contribution in [0, 0.1) is 6.92 Å². The highest BCUT2D eigenvalue weighted by molar-refractivity contribution is 6.04. The Morgan fingerprint density at radius 1 is 1.10 bits per heavy atom. The van der Waals surface area contributed by atoms with E-state index in [2.05, 4.69) is 15.6 Å². The average Bonchev–Trinajstić information content (AvgIpc) is 3.39. The molecule has 0 unspecified atom stereocenters. The molecule has 29 heavy (non-hydrogen) atoms. The number of nitrogens with zero attached hydrogens (tertiary/aromatic N) is 3. The molecule has 0 spiro atoms. The van der Waals surface area contributed by atoms with Gasteiger partial charge < -0.3 is 14.5 Å². The monoisotopic (exact) mass is 388 g/mol. The van der Waals surface area contributed by atoms with Crippen molar-refractivity contribution in [1.82, 2.24) is 15.0 Å². The Morgan fingerprint density at radius 3 is 2.62 bits per heavy atom. The van der Waals surface area contributed by atoms with Crippen molar-refractivity contribution in [1.29, 1.82) is 0 Å². The van der Waals surface area contributed by atoms with Crippen LogP contribution in [0.5, 0.6) is 5.75 Å². The van der Waals surface area contributed by atoms with E-state index in [1.54, 1.807) is 10.9 Å². The van der Waals surface area contributed by atoms with Crippen molar-refractivity contribution in [2.24, 2.45) is 0 Å². The molecule has 2 aromatic heterocycles. The van der Waals surface area contributed by atoms with Crippen molar-refractivity contribution < 1.29 is 13.9 Å². The van der Waals surface area contributed by atoms with Gasteiger partial charge in [0.2, 0.25) is 0 Å². The second-order valence-electron chi connectivity index (χ2n) is 6.39. The molecule has 0 atom stereocenters. The van der Waals surface area contributed by atoms with Gasteiger partial charge >= 0.3 is 0 Å².